The summed E-state index contributed by atoms with van der Waals surface area (Å²) in [5.41, 5.74) is 4.37. The van der Waals surface area contributed by atoms with Gasteiger partial charge in [0, 0.05) is 23.9 Å². The van der Waals surface area contributed by atoms with E-state index in [2.05, 4.69) is 10.6 Å². The van der Waals surface area contributed by atoms with E-state index in [1.165, 1.54) is 11.6 Å². The Morgan fingerprint density at radius 2 is 1.58 bits per heavy atom. The van der Waals surface area contributed by atoms with Gasteiger partial charge in [-0.1, -0.05) is 42.8 Å². The van der Waals surface area contributed by atoms with Crippen LogP contribution in [0.15, 0.2) is 48.5 Å². The number of carbonyl (C=O) groups excluding carboxylic acids is 2. The molecule has 0 aliphatic carbocycles. The van der Waals surface area contributed by atoms with Crippen molar-refractivity contribution in [1.82, 2.24) is 0 Å². The number of carbonyl (C=O) groups is 2. The van der Waals surface area contributed by atoms with Crippen LogP contribution in [0.25, 0.3) is 6.08 Å². The van der Waals surface area contributed by atoms with Crippen molar-refractivity contribution >= 4 is 29.3 Å². The summed E-state index contributed by atoms with van der Waals surface area (Å²) in [6, 6.07) is 13.4. The van der Waals surface area contributed by atoms with Gasteiger partial charge in [0.05, 0.1) is 0 Å². The van der Waals surface area contributed by atoms with Crippen LogP contribution in [0, 0.1) is 13.8 Å². The monoisotopic (exact) mass is 322 g/mol. The zero-order valence-corrected chi connectivity index (χ0v) is 14.2. The lowest BCUT2D eigenvalue weighted by Crippen LogP contribution is -2.13. The van der Waals surface area contributed by atoms with Gasteiger partial charge in [-0.05, 0) is 43.2 Å². The molecule has 2 aromatic rings. The molecule has 0 atom stereocenters. The highest BCUT2D eigenvalue weighted by Crippen LogP contribution is 2.23. The summed E-state index contributed by atoms with van der Waals surface area (Å²) >= 11 is 0. The Balaban J connectivity index is 2.07. The van der Waals surface area contributed by atoms with Gasteiger partial charge >= 0.3 is 0 Å². The molecule has 0 fully saturated rings. The van der Waals surface area contributed by atoms with Crippen LogP contribution in [0.3, 0.4) is 0 Å². The van der Waals surface area contributed by atoms with Crippen molar-refractivity contribution in [2.45, 2.75) is 27.2 Å². The van der Waals surface area contributed by atoms with Crippen molar-refractivity contribution in [2.75, 3.05) is 10.6 Å². The van der Waals surface area contributed by atoms with Gasteiger partial charge in [-0.2, -0.15) is 0 Å². The molecular weight excluding hydrogens is 300 g/mol. The van der Waals surface area contributed by atoms with Gasteiger partial charge in [0.25, 0.3) is 0 Å². The molecular formula is C20H22N2O2. The van der Waals surface area contributed by atoms with Crippen molar-refractivity contribution in [3.8, 4) is 0 Å². The molecule has 4 heteroatoms. The number of anilines is 2. The summed E-state index contributed by atoms with van der Waals surface area (Å²) in [6.45, 7) is 5.68. The van der Waals surface area contributed by atoms with E-state index in [-0.39, 0.29) is 11.8 Å². The zero-order valence-electron chi connectivity index (χ0n) is 14.2. The maximum Gasteiger partial charge on any atom is 0.248 e. The van der Waals surface area contributed by atoms with Gasteiger partial charge in [-0.15, -0.1) is 0 Å². The van der Waals surface area contributed by atoms with Crippen LogP contribution in [0.1, 0.15) is 30.0 Å². The third-order valence-electron chi connectivity index (χ3n) is 3.69. The van der Waals surface area contributed by atoms with Crippen LogP contribution < -0.4 is 10.6 Å². The molecule has 0 spiro atoms. The normalized spacial score (nSPS) is 10.6. The van der Waals surface area contributed by atoms with E-state index in [9.17, 15) is 9.59 Å². The molecule has 2 N–H and O–H groups in total. The van der Waals surface area contributed by atoms with Crippen LogP contribution in [0.2, 0.25) is 0 Å². The first-order valence-corrected chi connectivity index (χ1v) is 7.94. The average Bonchev–Trinajstić information content (AvgIpc) is 2.58. The minimum atomic E-state index is -0.211. The highest BCUT2D eigenvalue weighted by Gasteiger charge is 2.07. The lowest BCUT2D eigenvalue weighted by atomic mass is 10.1. The maximum atomic E-state index is 12.1. The molecule has 4 nitrogen and oxygen atoms in total. The molecule has 0 saturated heterocycles. The van der Waals surface area contributed by atoms with Crippen molar-refractivity contribution in [1.29, 1.82) is 0 Å². The summed E-state index contributed by atoms with van der Waals surface area (Å²) in [7, 11) is 0. The number of nitrogens with one attached hydrogen (secondary N) is 2. The summed E-state index contributed by atoms with van der Waals surface area (Å²) in [6.07, 6.45) is 3.68. The number of hydrogen-bond acceptors (Lipinski definition) is 2. The number of aryl methyl sites for hydroxylation is 1. The topological polar surface area (TPSA) is 58.2 Å². The number of rotatable bonds is 5. The molecule has 0 heterocycles. The summed E-state index contributed by atoms with van der Waals surface area (Å²) in [4.78, 5) is 23.6. The van der Waals surface area contributed by atoms with E-state index in [0.717, 1.165) is 11.1 Å². The largest absolute Gasteiger partial charge is 0.326 e. The molecule has 0 saturated carbocycles. The fourth-order valence-electron chi connectivity index (χ4n) is 2.17. The van der Waals surface area contributed by atoms with E-state index in [1.807, 2.05) is 50.2 Å². The van der Waals surface area contributed by atoms with E-state index < -0.39 is 0 Å². The molecule has 0 bridgehead atoms. The summed E-state index contributed by atoms with van der Waals surface area (Å²) in [5, 5.41) is 5.67. The smallest absolute Gasteiger partial charge is 0.248 e. The molecule has 0 aliphatic rings. The molecule has 2 amide bonds. The Labute approximate surface area is 142 Å². The van der Waals surface area contributed by atoms with Crippen LogP contribution >= 0.6 is 0 Å². The van der Waals surface area contributed by atoms with Crippen molar-refractivity contribution in [3.63, 3.8) is 0 Å². The second kappa shape index (κ2) is 8.11. The molecule has 2 aromatic carbocycles. The minimum Gasteiger partial charge on any atom is -0.326 e. The first-order chi connectivity index (χ1) is 11.5. The third kappa shape index (κ3) is 4.81. The lowest BCUT2D eigenvalue weighted by Gasteiger charge is -2.12. The van der Waals surface area contributed by atoms with E-state index >= 15 is 0 Å². The van der Waals surface area contributed by atoms with Crippen molar-refractivity contribution in [2.24, 2.45) is 0 Å². The molecule has 0 aromatic heterocycles. The Kier molecular flexibility index (Phi) is 5.90. The quantitative estimate of drug-likeness (QED) is 0.806. The number of benzene rings is 2. The highest BCUT2D eigenvalue weighted by atomic mass is 16.2. The second-order valence-electron chi connectivity index (χ2n) is 5.61. The van der Waals surface area contributed by atoms with Crippen molar-refractivity contribution in [3.05, 3.63) is 65.2 Å². The highest BCUT2D eigenvalue weighted by molar-refractivity contribution is 6.03. The molecule has 2 rings (SSSR count). The molecule has 0 aliphatic heterocycles. The van der Waals surface area contributed by atoms with Gasteiger partial charge in [0.2, 0.25) is 11.8 Å². The first-order valence-electron chi connectivity index (χ1n) is 7.94. The number of hydrogen-bond donors (Lipinski definition) is 2. The zero-order chi connectivity index (χ0) is 17.5. The predicted molar refractivity (Wildman–Crippen MR) is 98.9 cm³/mol. The van der Waals surface area contributed by atoms with Crippen LogP contribution in [0.5, 0.6) is 0 Å². The van der Waals surface area contributed by atoms with E-state index in [4.69, 9.17) is 0 Å². The Morgan fingerprint density at radius 3 is 2.21 bits per heavy atom. The standard InChI is InChI=1S/C20H22N2O2/c1-4-19(23)21-17-6-5-7-18(15(17)3)22-20(24)13-12-16-10-8-14(2)9-11-16/h5-13H,4H2,1-3H3,(H,21,23)(H,22,24)/b13-12+. The third-order valence-corrected chi connectivity index (χ3v) is 3.69. The molecule has 24 heavy (non-hydrogen) atoms. The SMILES string of the molecule is CCC(=O)Nc1cccc(NC(=O)/C=C/c2ccc(C)cc2)c1C. The average molecular weight is 322 g/mol. The van der Waals surface area contributed by atoms with Crippen LogP contribution in [0.4, 0.5) is 11.4 Å². The summed E-state index contributed by atoms with van der Waals surface area (Å²) in [5.74, 6) is -0.265. The van der Waals surface area contributed by atoms with Gasteiger partial charge in [-0.3, -0.25) is 9.59 Å². The fourth-order valence-corrected chi connectivity index (χ4v) is 2.17. The second-order valence-corrected chi connectivity index (χ2v) is 5.61. The summed E-state index contributed by atoms with van der Waals surface area (Å²) < 4.78 is 0. The Bertz CT molecular complexity index is 762. The van der Waals surface area contributed by atoms with Crippen molar-refractivity contribution < 1.29 is 9.59 Å². The molecule has 0 unspecified atom stereocenters. The Morgan fingerprint density at radius 1 is 0.958 bits per heavy atom. The minimum absolute atomic E-state index is 0.0548. The van der Waals surface area contributed by atoms with Gasteiger partial charge in [0.15, 0.2) is 0 Å². The number of amides is 2. The fraction of sp³-hybridized carbons (Fsp3) is 0.200. The molecule has 0 radical (unpaired) electrons. The predicted octanol–water partition coefficient (Wildman–Crippen LogP) is 4.30. The Hall–Kier alpha value is -2.88. The molecule has 124 valence electrons. The van der Waals surface area contributed by atoms with Gasteiger partial charge < -0.3 is 10.6 Å². The maximum absolute atomic E-state index is 12.1. The van der Waals surface area contributed by atoms with Gasteiger partial charge in [-0.25, -0.2) is 0 Å². The van der Waals surface area contributed by atoms with Crippen LogP contribution in [-0.4, -0.2) is 11.8 Å². The van der Waals surface area contributed by atoms with E-state index in [1.54, 1.807) is 19.1 Å². The van der Waals surface area contributed by atoms with E-state index in [0.29, 0.717) is 17.8 Å². The lowest BCUT2D eigenvalue weighted by molar-refractivity contribution is -0.116. The van der Waals surface area contributed by atoms with Gasteiger partial charge in [0.1, 0.15) is 0 Å². The first kappa shape index (κ1) is 17.5. The van der Waals surface area contributed by atoms with Crippen LogP contribution in [-0.2, 0) is 9.59 Å².